The Kier molecular flexibility index (Phi) is 7.19. The third kappa shape index (κ3) is 6.14. The minimum absolute atomic E-state index is 0.0662. The maximum absolute atomic E-state index is 12.4. The van der Waals surface area contributed by atoms with Crippen LogP contribution in [0.25, 0.3) is 0 Å². The zero-order chi connectivity index (χ0) is 15.8. The number of nitrogen functional groups attached to an aromatic ring is 1. The van der Waals surface area contributed by atoms with Crippen LogP contribution in [-0.2, 0) is 9.53 Å². The van der Waals surface area contributed by atoms with Gasteiger partial charge < -0.3 is 15.4 Å². The summed E-state index contributed by atoms with van der Waals surface area (Å²) in [6.45, 7) is 6.95. The van der Waals surface area contributed by atoms with E-state index in [1.54, 1.807) is 31.2 Å². The van der Waals surface area contributed by atoms with E-state index >= 15 is 0 Å². The molecule has 0 saturated heterocycles. The van der Waals surface area contributed by atoms with Crippen LogP contribution in [-0.4, -0.2) is 51.2 Å². The highest BCUT2D eigenvalue weighted by atomic mass is 16.5. The molecule has 0 unspecified atom stereocenters. The fourth-order valence-electron chi connectivity index (χ4n) is 2.11. The largest absolute Gasteiger partial charge is 0.399 e. The number of benzene rings is 1. The Morgan fingerprint density at radius 2 is 1.90 bits per heavy atom. The summed E-state index contributed by atoms with van der Waals surface area (Å²) in [6, 6.07) is 7.32. The van der Waals surface area contributed by atoms with Crippen LogP contribution in [0.4, 0.5) is 11.4 Å². The lowest BCUT2D eigenvalue weighted by atomic mass is 10.2. The lowest BCUT2D eigenvalue weighted by Crippen LogP contribution is -2.41. The molecule has 0 saturated carbocycles. The van der Waals surface area contributed by atoms with Crippen molar-refractivity contribution in [2.45, 2.75) is 13.8 Å². The number of nitrogens with zero attached hydrogens (tertiary/aromatic N) is 2. The number of hydrogen-bond donors (Lipinski definition) is 1. The van der Waals surface area contributed by atoms with E-state index in [0.717, 1.165) is 18.8 Å². The lowest BCUT2D eigenvalue weighted by Gasteiger charge is -2.26. The maximum atomic E-state index is 12.4. The Morgan fingerprint density at radius 3 is 2.43 bits per heavy atom. The predicted octanol–water partition coefficient (Wildman–Crippen LogP) is 1.84. The van der Waals surface area contributed by atoms with E-state index in [1.165, 1.54) is 0 Å². The summed E-state index contributed by atoms with van der Waals surface area (Å²) in [5.41, 5.74) is 7.22. The second-order valence-corrected chi connectivity index (χ2v) is 5.67. The fourth-order valence-corrected chi connectivity index (χ4v) is 2.11. The number of rotatable bonds is 8. The van der Waals surface area contributed by atoms with Gasteiger partial charge in [0.1, 0.15) is 0 Å². The quantitative estimate of drug-likeness (QED) is 0.743. The van der Waals surface area contributed by atoms with E-state index in [9.17, 15) is 4.79 Å². The van der Waals surface area contributed by atoms with E-state index in [0.29, 0.717) is 24.8 Å². The Bertz CT molecular complexity index is 432. The third-order valence-electron chi connectivity index (χ3n) is 3.25. The average molecular weight is 293 g/mol. The van der Waals surface area contributed by atoms with Gasteiger partial charge in [-0.1, -0.05) is 13.8 Å². The van der Waals surface area contributed by atoms with Crippen molar-refractivity contribution in [3.63, 3.8) is 0 Å². The Balaban J connectivity index is 2.64. The molecule has 1 rings (SSSR count). The van der Waals surface area contributed by atoms with Crippen LogP contribution >= 0.6 is 0 Å². The first-order chi connectivity index (χ1) is 9.93. The topological polar surface area (TPSA) is 58.8 Å². The van der Waals surface area contributed by atoms with E-state index in [1.807, 2.05) is 12.1 Å². The molecule has 0 heterocycles. The molecule has 0 bridgehead atoms. The van der Waals surface area contributed by atoms with Crippen LogP contribution < -0.4 is 10.6 Å². The van der Waals surface area contributed by atoms with Gasteiger partial charge in [0.2, 0.25) is 5.91 Å². The fraction of sp³-hybridized carbons (Fsp3) is 0.562. The molecule has 5 heteroatoms. The molecule has 21 heavy (non-hydrogen) atoms. The van der Waals surface area contributed by atoms with Gasteiger partial charge in [-0.05, 0) is 30.2 Å². The summed E-state index contributed by atoms with van der Waals surface area (Å²) < 4.78 is 5.11. The molecule has 1 aromatic rings. The van der Waals surface area contributed by atoms with Gasteiger partial charge >= 0.3 is 0 Å². The lowest BCUT2D eigenvalue weighted by molar-refractivity contribution is -0.119. The van der Waals surface area contributed by atoms with Crippen LogP contribution in [0.1, 0.15) is 13.8 Å². The summed E-state index contributed by atoms with van der Waals surface area (Å²) in [6.07, 6.45) is 0. The number of carbonyl (C=O) groups is 1. The molecule has 1 aromatic carbocycles. The van der Waals surface area contributed by atoms with Gasteiger partial charge in [-0.25, -0.2) is 0 Å². The summed E-state index contributed by atoms with van der Waals surface area (Å²) in [5.74, 6) is 0.577. The van der Waals surface area contributed by atoms with Gasteiger partial charge in [-0.15, -0.1) is 0 Å². The van der Waals surface area contributed by atoms with Crippen molar-refractivity contribution in [1.29, 1.82) is 0 Å². The maximum Gasteiger partial charge on any atom is 0.240 e. The van der Waals surface area contributed by atoms with E-state index < -0.39 is 0 Å². The normalized spacial score (nSPS) is 11.1. The second-order valence-electron chi connectivity index (χ2n) is 5.67. The monoisotopic (exact) mass is 293 g/mol. The van der Waals surface area contributed by atoms with Gasteiger partial charge in [-0.2, -0.15) is 0 Å². The van der Waals surface area contributed by atoms with Crippen molar-refractivity contribution in [1.82, 2.24) is 4.90 Å². The number of hydrogen-bond acceptors (Lipinski definition) is 4. The van der Waals surface area contributed by atoms with Crippen molar-refractivity contribution >= 4 is 17.3 Å². The van der Waals surface area contributed by atoms with Gasteiger partial charge in [-0.3, -0.25) is 9.69 Å². The predicted molar refractivity (Wildman–Crippen MR) is 87.4 cm³/mol. The summed E-state index contributed by atoms with van der Waals surface area (Å²) in [4.78, 5) is 16.2. The number of likely N-dealkylation sites (N-methyl/N-ethyl adjacent to an activating group) is 1. The summed E-state index contributed by atoms with van der Waals surface area (Å²) in [7, 11) is 3.47. The summed E-state index contributed by atoms with van der Waals surface area (Å²) >= 11 is 0. The van der Waals surface area contributed by atoms with Crippen LogP contribution in [0.5, 0.6) is 0 Å². The minimum Gasteiger partial charge on any atom is -0.399 e. The number of nitrogens with two attached hydrogens (primary N) is 1. The van der Waals surface area contributed by atoms with E-state index in [4.69, 9.17) is 10.5 Å². The molecule has 0 radical (unpaired) electrons. The molecule has 0 spiro atoms. The Labute approximate surface area is 127 Å². The SMILES string of the molecule is COCCN(CC(=O)N(C)c1ccc(N)cc1)CC(C)C. The zero-order valence-corrected chi connectivity index (χ0v) is 13.5. The zero-order valence-electron chi connectivity index (χ0n) is 13.5. The first kappa shape index (κ1) is 17.5. The molecule has 118 valence electrons. The minimum atomic E-state index is 0.0662. The standard InChI is InChI=1S/C16H27N3O2/c1-13(2)11-19(9-10-21-4)12-16(20)18(3)15-7-5-14(17)6-8-15/h5-8,13H,9-12,17H2,1-4H3. The second kappa shape index (κ2) is 8.64. The number of anilines is 2. The third-order valence-corrected chi connectivity index (χ3v) is 3.25. The van der Waals surface area contributed by atoms with Crippen LogP contribution in [0, 0.1) is 5.92 Å². The van der Waals surface area contributed by atoms with Crippen LogP contribution in [0.15, 0.2) is 24.3 Å². The molecule has 0 aromatic heterocycles. The van der Waals surface area contributed by atoms with Crippen LogP contribution in [0.3, 0.4) is 0 Å². The highest BCUT2D eigenvalue weighted by Crippen LogP contribution is 2.15. The van der Waals surface area contributed by atoms with Crippen LogP contribution in [0.2, 0.25) is 0 Å². The van der Waals surface area contributed by atoms with Crippen molar-refractivity contribution in [2.75, 3.05) is 51.0 Å². The highest BCUT2D eigenvalue weighted by Gasteiger charge is 2.16. The van der Waals surface area contributed by atoms with Gasteiger partial charge in [0.05, 0.1) is 13.2 Å². The molecular weight excluding hydrogens is 266 g/mol. The molecule has 0 aliphatic rings. The number of amides is 1. The smallest absolute Gasteiger partial charge is 0.240 e. The van der Waals surface area contributed by atoms with Crippen molar-refractivity contribution in [3.8, 4) is 0 Å². The molecule has 0 aliphatic heterocycles. The molecular formula is C16H27N3O2. The Morgan fingerprint density at radius 1 is 1.29 bits per heavy atom. The number of methoxy groups -OCH3 is 1. The molecule has 5 nitrogen and oxygen atoms in total. The van der Waals surface area contributed by atoms with Crippen molar-refractivity contribution < 1.29 is 9.53 Å². The first-order valence-corrected chi connectivity index (χ1v) is 7.27. The summed E-state index contributed by atoms with van der Waals surface area (Å²) in [5, 5.41) is 0. The molecule has 0 atom stereocenters. The van der Waals surface area contributed by atoms with Gasteiger partial charge in [0.15, 0.2) is 0 Å². The average Bonchev–Trinajstić information content (AvgIpc) is 2.44. The highest BCUT2D eigenvalue weighted by molar-refractivity contribution is 5.94. The molecule has 1 amide bonds. The van der Waals surface area contributed by atoms with E-state index in [2.05, 4.69) is 18.7 Å². The molecule has 0 fully saturated rings. The van der Waals surface area contributed by atoms with Gasteiger partial charge in [0, 0.05) is 38.6 Å². The number of ether oxygens (including phenoxy) is 1. The first-order valence-electron chi connectivity index (χ1n) is 7.27. The van der Waals surface area contributed by atoms with Gasteiger partial charge in [0.25, 0.3) is 0 Å². The van der Waals surface area contributed by atoms with Crippen molar-refractivity contribution in [2.24, 2.45) is 5.92 Å². The number of carbonyl (C=O) groups excluding carboxylic acids is 1. The molecule has 0 aliphatic carbocycles. The van der Waals surface area contributed by atoms with E-state index in [-0.39, 0.29) is 5.91 Å². The Hall–Kier alpha value is -1.59. The van der Waals surface area contributed by atoms with Crippen molar-refractivity contribution in [3.05, 3.63) is 24.3 Å². The molecule has 2 N–H and O–H groups in total.